The molecule has 13 N–H and O–H groups in total. The van der Waals surface area contributed by atoms with E-state index in [1.807, 2.05) is 0 Å². The molecule has 0 aromatic heterocycles. The van der Waals surface area contributed by atoms with Crippen molar-refractivity contribution in [2.45, 2.75) is 76.2 Å². The lowest BCUT2D eigenvalue weighted by Crippen LogP contribution is -2.59. The third-order valence-corrected chi connectivity index (χ3v) is 4.68. The van der Waals surface area contributed by atoms with E-state index in [-0.39, 0.29) is 25.3 Å². The lowest BCUT2D eigenvalue weighted by atomic mass is 10.1. The van der Waals surface area contributed by atoms with Crippen molar-refractivity contribution in [2.75, 3.05) is 13.1 Å². The molecule has 0 aromatic rings. The van der Waals surface area contributed by atoms with Crippen LogP contribution in [-0.4, -0.2) is 83.2 Å². The van der Waals surface area contributed by atoms with Gasteiger partial charge in [0.25, 0.3) is 0 Å². The average molecular weight is 475 g/mol. The molecular formula is C19H38N8O6. The van der Waals surface area contributed by atoms with Crippen molar-refractivity contribution < 1.29 is 29.4 Å². The molecule has 0 fully saturated rings. The summed E-state index contributed by atoms with van der Waals surface area (Å²) < 4.78 is 0. The van der Waals surface area contributed by atoms with Crippen LogP contribution in [0.3, 0.4) is 0 Å². The maximum Gasteiger partial charge on any atom is 0.325 e. The van der Waals surface area contributed by atoms with Gasteiger partial charge in [-0.25, -0.2) is 0 Å². The zero-order valence-electron chi connectivity index (χ0n) is 19.1. The molecule has 5 atom stereocenters. The van der Waals surface area contributed by atoms with Crippen LogP contribution in [0.1, 0.15) is 46.0 Å². The fourth-order valence-corrected chi connectivity index (χ4v) is 2.71. The number of carbonyl (C=O) groups is 4. The minimum Gasteiger partial charge on any atom is -0.480 e. The Hall–Kier alpha value is -2.97. The van der Waals surface area contributed by atoms with E-state index in [2.05, 4.69) is 20.9 Å². The van der Waals surface area contributed by atoms with Gasteiger partial charge < -0.3 is 49.1 Å². The molecule has 0 radical (unpaired) electrons. The second kappa shape index (κ2) is 15.8. The maximum atomic E-state index is 12.8. The molecule has 14 nitrogen and oxygen atoms in total. The Kier molecular flexibility index (Phi) is 14.4. The van der Waals surface area contributed by atoms with Crippen LogP contribution in [0.15, 0.2) is 4.99 Å². The van der Waals surface area contributed by atoms with Crippen molar-refractivity contribution in [3.05, 3.63) is 0 Å². The lowest BCUT2D eigenvalue weighted by Gasteiger charge is -2.26. The van der Waals surface area contributed by atoms with Crippen LogP contribution >= 0.6 is 0 Å². The van der Waals surface area contributed by atoms with Gasteiger partial charge in [-0.2, -0.15) is 0 Å². The summed E-state index contributed by atoms with van der Waals surface area (Å²) in [6, 6.07) is -4.62. The monoisotopic (exact) mass is 474 g/mol. The van der Waals surface area contributed by atoms with Gasteiger partial charge in [-0.15, -0.1) is 0 Å². The third-order valence-electron chi connectivity index (χ3n) is 4.68. The van der Waals surface area contributed by atoms with Crippen molar-refractivity contribution in [3.8, 4) is 0 Å². The normalized spacial score (nSPS) is 15.3. The first-order valence-corrected chi connectivity index (χ1v) is 10.7. The van der Waals surface area contributed by atoms with Crippen LogP contribution in [0.2, 0.25) is 0 Å². The number of hydrogen-bond acceptors (Lipinski definition) is 8. The van der Waals surface area contributed by atoms with Crippen molar-refractivity contribution >= 4 is 29.7 Å². The van der Waals surface area contributed by atoms with Crippen LogP contribution in [0, 0.1) is 0 Å². The summed E-state index contributed by atoms with van der Waals surface area (Å²) in [5.74, 6) is -3.52. The number of nitrogens with two attached hydrogens (primary N) is 4. The number of carbonyl (C=O) groups excluding carboxylic acids is 3. The molecule has 0 aliphatic rings. The molecule has 5 unspecified atom stereocenters. The number of nitrogens with zero attached hydrogens (tertiary/aromatic N) is 1. The summed E-state index contributed by atoms with van der Waals surface area (Å²) in [6.07, 6.45) is 0.610. The Labute approximate surface area is 192 Å². The summed E-state index contributed by atoms with van der Waals surface area (Å²) in [5, 5.41) is 26.1. The van der Waals surface area contributed by atoms with E-state index in [1.165, 1.54) is 13.8 Å². The highest BCUT2D eigenvalue weighted by atomic mass is 16.4. The Morgan fingerprint density at radius 2 is 1.55 bits per heavy atom. The molecule has 33 heavy (non-hydrogen) atoms. The predicted octanol–water partition coefficient (Wildman–Crippen LogP) is -3.56. The van der Waals surface area contributed by atoms with E-state index in [4.69, 9.17) is 28.0 Å². The molecule has 0 saturated heterocycles. The van der Waals surface area contributed by atoms with Gasteiger partial charge in [0.2, 0.25) is 17.7 Å². The number of aliphatic carboxylic acids is 1. The third kappa shape index (κ3) is 12.6. The number of rotatable bonds is 16. The average Bonchev–Trinajstić information content (AvgIpc) is 2.73. The number of amides is 3. The number of carboxylic acid groups (broad SMARTS) is 1. The highest BCUT2D eigenvalue weighted by Gasteiger charge is 2.31. The Bertz CT molecular complexity index is 683. The molecule has 0 aliphatic carbocycles. The zero-order valence-corrected chi connectivity index (χ0v) is 19.1. The lowest BCUT2D eigenvalue weighted by molar-refractivity contribution is -0.142. The number of hydrogen-bond donors (Lipinski definition) is 9. The van der Waals surface area contributed by atoms with Crippen LogP contribution in [0.4, 0.5) is 0 Å². The Balaban J connectivity index is 5.15. The van der Waals surface area contributed by atoms with E-state index in [0.717, 1.165) is 0 Å². The van der Waals surface area contributed by atoms with Crippen LogP contribution in [0.25, 0.3) is 0 Å². The SMILES string of the molecule is CC(NC(=O)C(CCCCN)NC(=O)C(NC(=O)C(N)CCCN=C(N)N)C(C)O)C(=O)O. The standard InChI is InChI=1S/C19H38N8O6/c1-10(18(32)33)25-16(30)13(7-3-4-8-20)26-17(31)14(11(2)28)27-15(29)12(21)6-5-9-24-19(22)23/h10-14,28H,3-9,20-21H2,1-2H3,(H,25,30)(H,26,31)(H,27,29)(H,32,33)(H4,22,23,24). The minimum absolute atomic E-state index is 0.0818. The molecule has 0 saturated carbocycles. The number of aliphatic imine (C=N–C) groups is 1. The van der Waals surface area contributed by atoms with E-state index in [1.54, 1.807) is 0 Å². The van der Waals surface area contributed by atoms with Crippen LogP contribution in [0.5, 0.6) is 0 Å². The van der Waals surface area contributed by atoms with Crippen LogP contribution < -0.4 is 38.9 Å². The quantitative estimate of drug-likeness (QED) is 0.0603. The smallest absolute Gasteiger partial charge is 0.325 e. The molecule has 190 valence electrons. The summed E-state index contributed by atoms with van der Waals surface area (Å²) >= 11 is 0. The molecular weight excluding hydrogens is 436 g/mol. The highest BCUT2D eigenvalue weighted by Crippen LogP contribution is 2.05. The molecule has 14 heteroatoms. The molecule has 0 heterocycles. The maximum absolute atomic E-state index is 12.8. The summed E-state index contributed by atoms with van der Waals surface area (Å²) in [6.45, 7) is 3.23. The molecule has 0 bridgehead atoms. The van der Waals surface area contributed by atoms with Gasteiger partial charge in [0.15, 0.2) is 5.96 Å². The highest BCUT2D eigenvalue weighted by molar-refractivity contribution is 5.94. The predicted molar refractivity (Wildman–Crippen MR) is 122 cm³/mol. The number of aliphatic hydroxyl groups is 1. The van der Waals surface area contributed by atoms with Gasteiger partial charge in [-0.3, -0.25) is 24.2 Å². The van der Waals surface area contributed by atoms with Crippen molar-refractivity contribution in [1.82, 2.24) is 16.0 Å². The number of guanidine groups is 1. The first-order valence-electron chi connectivity index (χ1n) is 10.7. The Morgan fingerprint density at radius 1 is 0.909 bits per heavy atom. The summed E-state index contributed by atoms with van der Waals surface area (Å²) in [5.41, 5.74) is 21.7. The van der Waals surface area contributed by atoms with Gasteiger partial charge in [0.1, 0.15) is 18.1 Å². The topological polar surface area (TPSA) is 261 Å². The molecule has 0 rings (SSSR count). The van der Waals surface area contributed by atoms with Crippen LogP contribution in [-0.2, 0) is 19.2 Å². The fourth-order valence-electron chi connectivity index (χ4n) is 2.71. The van der Waals surface area contributed by atoms with E-state index in [0.29, 0.717) is 25.8 Å². The van der Waals surface area contributed by atoms with E-state index in [9.17, 15) is 24.3 Å². The molecule has 0 aliphatic heterocycles. The van der Waals surface area contributed by atoms with Gasteiger partial charge in [0, 0.05) is 6.54 Å². The largest absolute Gasteiger partial charge is 0.480 e. The van der Waals surface area contributed by atoms with E-state index < -0.39 is 54.0 Å². The second-order valence-corrected chi connectivity index (χ2v) is 7.70. The zero-order chi connectivity index (χ0) is 25.6. The summed E-state index contributed by atoms with van der Waals surface area (Å²) in [4.78, 5) is 52.4. The molecule has 0 spiro atoms. The number of nitrogens with one attached hydrogen (secondary N) is 3. The fraction of sp³-hybridized carbons (Fsp3) is 0.737. The summed E-state index contributed by atoms with van der Waals surface area (Å²) in [7, 11) is 0. The second-order valence-electron chi connectivity index (χ2n) is 7.70. The van der Waals surface area contributed by atoms with Crippen molar-refractivity contribution in [3.63, 3.8) is 0 Å². The molecule has 0 aromatic carbocycles. The molecule has 3 amide bonds. The number of carboxylic acids is 1. The first kappa shape index (κ1) is 30.0. The first-order chi connectivity index (χ1) is 15.4. The van der Waals surface area contributed by atoms with Gasteiger partial charge >= 0.3 is 5.97 Å². The van der Waals surface area contributed by atoms with E-state index >= 15 is 0 Å². The number of aliphatic hydroxyl groups excluding tert-OH is 1. The van der Waals surface area contributed by atoms with Gasteiger partial charge in [-0.05, 0) is 52.5 Å². The Morgan fingerprint density at radius 3 is 2.06 bits per heavy atom. The number of unbranched alkanes of at least 4 members (excludes halogenated alkanes) is 1. The van der Waals surface area contributed by atoms with Crippen molar-refractivity contribution in [1.29, 1.82) is 0 Å². The van der Waals surface area contributed by atoms with Gasteiger partial charge in [-0.1, -0.05) is 0 Å². The minimum atomic E-state index is -1.39. The van der Waals surface area contributed by atoms with Crippen molar-refractivity contribution in [2.24, 2.45) is 27.9 Å². The van der Waals surface area contributed by atoms with Gasteiger partial charge in [0.05, 0.1) is 12.1 Å².